The van der Waals surface area contributed by atoms with Crippen LogP contribution in [0.5, 0.6) is 0 Å². The van der Waals surface area contributed by atoms with Gasteiger partial charge in [-0.3, -0.25) is 0 Å². The van der Waals surface area contributed by atoms with Gasteiger partial charge in [-0.05, 0) is 28.5 Å². The van der Waals surface area contributed by atoms with E-state index in [-0.39, 0.29) is 0 Å². The van der Waals surface area contributed by atoms with Crippen molar-refractivity contribution in [1.29, 1.82) is 0 Å². The monoisotopic (exact) mass is 194 g/mol. The van der Waals surface area contributed by atoms with E-state index in [1.807, 2.05) is 24.3 Å². The Labute approximate surface area is 80.4 Å². The SMILES string of the molecule is Clc1ccccc1-c1ccsc1. The summed E-state index contributed by atoms with van der Waals surface area (Å²) in [6.45, 7) is 0. The van der Waals surface area contributed by atoms with Crippen LogP contribution in [0.4, 0.5) is 0 Å². The van der Waals surface area contributed by atoms with Gasteiger partial charge < -0.3 is 0 Å². The normalized spacial score (nSPS) is 10.1. The number of rotatable bonds is 1. The number of thiophene rings is 1. The fraction of sp³-hybridized carbons (Fsp3) is 0. The molecule has 0 N–H and O–H groups in total. The lowest BCUT2D eigenvalue weighted by Gasteiger charge is -1.98. The van der Waals surface area contributed by atoms with Crippen LogP contribution in [0, 0.1) is 0 Å². The molecular weight excluding hydrogens is 188 g/mol. The van der Waals surface area contributed by atoms with Crippen LogP contribution >= 0.6 is 22.9 Å². The summed E-state index contributed by atoms with van der Waals surface area (Å²) in [6.07, 6.45) is 0. The molecular formula is C10H7ClS. The van der Waals surface area contributed by atoms with E-state index in [4.69, 9.17) is 11.6 Å². The molecule has 0 bridgehead atoms. The average molecular weight is 195 g/mol. The lowest BCUT2D eigenvalue weighted by atomic mass is 10.1. The first-order valence-corrected chi connectivity index (χ1v) is 4.97. The first-order valence-electron chi connectivity index (χ1n) is 3.65. The number of hydrogen-bond acceptors (Lipinski definition) is 1. The maximum atomic E-state index is 6.02. The van der Waals surface area contributed by atoms with Crippen LogP contribution in [0.1, 0.15) is 0 Å². The van der Waals surface area contributed by atoms with Gasteiger partial charge in [-0.25, -0.2) is 0 Å². The zero-order chi connectivity index (χ0) is 8.39. The Balaban J connectivity index is 2.55. The second kappa shape index (κ2) is 3.30. The van der Waals surface area contributed by atoms with E-state index in [1.54, 1.807) is 11.3 Å². The Kier molecular flexibility index (Phi) is 2.15. The summed E-state index contributed by atoms with van der Waals surface area (Å²) in [5.74, 6) is 0. The summed E-state index contributed by atoms with van der Waals surface area (Å²) in [7, 11) is 0. The summed E-state index contributed by atoms with van der Waals surface area (Å²) < 4.78 is 0. The molecule has 0 atom stereocenters. The minimum Gasteiger partial charge on any atom is -0.152 e. The summed E-state index contributed by atoms with van der Waals surface area (Å²) in [5.41, 5.74) is 2.31. The first kappa shape index (κ1) is 7.84. The van der Waals surface area contributed by atoms with Gasteiger partial charge in [-0.15, -0.1) is 0 Å². The third kappa shape index (κ3) is 1.38. The molecule has 0 nitrogen and oxygen atoms in total. The van der Waals surface area contributed by atoms with Crippen LogP contribution in [-0.4, -0.2) is 0 Å². The summed E-state index contributed by atoms with van der Waals surface area (Å²) >= 11 is 7.70. The van der Waals surface area contributed by atoms with Crippen LogP contribution in [0.25, 0.3) is 11.1 Å². The molecule has 0 fully saturated rings. The lowest BCUT2D eigenvalue weighted by molar-refractivity contribution is 1.67. The van der Waals surface area contributed by atoms with E-state index in [0.29, 0.717) is 0 Å². The first-order chi connectivity index (χ1) is 5.88. The van der Waals surface area contributed by atoms with E-state index in [0.717, 1.165) is 10.6 Å². The molecule has 0 saturated carbocycles. The molecule has 60 valence electrons. The highest BCUT2D eigenvalue weighted by molar-refractivity contribution is 7.08. The highest BCUT2D eigenvalue weighted by Crippen LogP contribution is 2.28. The molecule has 0 aliphatic rings. The topological polar surface area (TPSA) is 0 Å². The van der Waals surface area contributed by atoms with Gasteiger partial charge in [0.05, 0.1) is 0 Å². The zero-order valence-electron chi connectivity index (χ0n) is 6.33. The van der Waals surface area contributed by atoms with E-state index in [9.17, 15) is 0 Å². The van der Waals surface area contributed by atoms with Crippen molar-refractivity contribution in [3.05, 3.63) is 46.1 Å². The molecule has 1 heterocycles. The molecule has 12 heavy (non-hydrogen) atoms. The van der Waals surface area contributed by atoms with Crippen LogP contribution < -0.4 is 0 Å². The number of halogens is 1. The summed E-state index contributed by atoms with van der Waals surface area (Å²) in [6, 6.07) is 9.96. The molecule has 0 unspecified atom stereocenters. The van der Waals surface area contributed by atoms with Crippen molar-refractivity contribution in [2.45, 2.75) is 0 Å². The Morgan fingerprint density at radius 3 is 2.58 bits per heavy atom. The lowest BCUT2D eigenvalue weighted by Crippen LogP contribution is -1.73. The molecule has 1 aromatic heterocycles. The third-order valence-corrected chi connectivity index (χ3v) is 2.72. The van der Waals surface area contributed by atoms with Crippen LogP contribution in [0.15, 0.2) is 41.1 Å². The van der Waals surface area contributed by atoms with Crippen LogP contribution in [0.2, 0.25) is 5.02 Å². The van der Waals surface area contributed by atoms with Crippen molar-refractivity contribution in [3.8, 4) is 11.1 Å². The van der Waals surface area contributed by atoms with Gasteiger partial charge >= 0.3 is 0 Å². The zero-order valence-corrected chi connectivity index (χ0v) is 7.90. The van der Waals surface area contributed by atoms with Crippen LogP contribution in [0.3, 0.4) is 0 Å². The van der Waals surface area contributed by atoms with E-state index < -0.39 is 0 Å². The minimum atomic E-state index is 0.816. The second-order valence-corrected chi connectivity index (χ2v) is 3.68. The van der Waals surface area contributed by atoms with Gasteiger partial charge in [0.25, 0.3) is 0 Å². The molecule has 0 aliphatic carbocycles. The van der Waals surface area contributed by atoms with Crippen molar-refractivity contribution in [2.75, 3.05) is 0 Å². The molecule has 2 aromatic rings. The smallest absolute Gasteiger partial charge is 0.0484 e. The molecule has 0 spiro atoms. The van der Waals surface area contributed by atoms with Gasteiger partial charge in [-0.2, -0.15) is 11.3 Å². The summed E-state index contributed by atoms with van der Waals surface area (Å²) in [5, 5.41) is 4.97. The standard InChI is InChI=1S/C10H7ClS/c11-10-4-2-1-3-9(10)8-5-6-12-7-8/h1-7H. The van der Waals surface area contributed by atoms with Gasteiger partial charge in [-0.1, -0.05) is 29.8 Å². The molecule has 2 heteroatoms. The van der Waals surface area contributed by atoms with Crippen molar-refractivity contribution >= 4 is 22.9 Å². The van der Waals surface area contributed by atoms with Crippen molar-refractivity contribution in [1.82, 2.24) is 0 Å². The Morgan fingerprint density at radius 2 is 1.92 bits per heavy atom. The fourth-order valence-electron chi connectivity index (χ4n) is 1.11. The Bertz CT molecular complexity index is 365. The third-order valence-electron chi connectivity index (χ3n) is 1.71. The molecule has 0 amide bonds. The average Bonchev–Trinajstić information content (AvgIpc) is 2.57. The van der Waals surface area contributed by atoms with Gasteiger partial charge in [0.1, 0.15) is 0 Å². The fourth-order valence-corrected chi connectivity index (χ4v) is 2.01. The Morgan fingerprint density at radius 1 is 1.08 bits per heavy atom. The largest absolute Gasteiger partial charge is 0.152 e. The minimum absolute atomic E-state index is 0.816. The van der Waals surface area contributed by atoms with Crippen molar-refractivity contribution in [2.24, 2.45) is 0 Å². The molecule has 2 rings (SSSR count). The highest BCUT2D eigenvalue weighted by Gasteiger charge is 2.00. The predicted octanol–water partition coefficient (Wildman–Crippen LogP) is 4.07. The highest BCUT2D eigenvalue weighted by atomic mass is 35.5. The maximum absolute atomic E-state index is 6.02. The molecule has 0 saturated heterocycles. The van der Waals surface area contributed by atoms with E-state index in [1.165, 1.54) is 5.56 Å². The number of hydrogen-bond donors (Lipinski definition) is 0. The molecule has 0 aliphatic heterocycles. The molecule has 0 radical (unpaired) electrons. The Hall–Kier alpha value is -0.790. The quantitative estimate of drug-likeness (QED) is 0.642. The maximum Gasteiger partial charge on any atom is 0.0484 e. The van der Waals surface area contributed by atoms with Gasteiger partial charge in [0.15, 0.2) is 0 Å². The van der Waals surface area contributed by atoms with Crippen molar-refractivity contribution in [3.63, 3.8) is 0 Å². The second-order valence-electron chi connectivity index (χ2n) is 2.49. The molecule has 1 aromatic carbocycles. The van der Waals surface area contributed by atoms with Gasteiger partial charge in [0, 0.05) is 10.6 Å². The summed E-state index contributed by atoms with van der Waals surface area (Å²) in [4.78, 5) is 0. The van der Waals surface area contributed by atoms with E-state index in [2.05, 4.69) is 16.8 Å². The van der Waals surface area contributed by atoms with E-state index >= 15 is 0 Å². The van der Waals surface area contributed by atoms with Gasteiger partial charge in [0.2, 0.25) is 0 Å². The number of benzene rings is 1. The predicted molar refractivity (Wildman–Crippen MR) is 54.8 cm³/mol. The van der Waals surface area contributed by atoms with Crippen LogP contribution in [-0.2, 0) is 0 Å². The van der Waals surface area contributed by atoms with Crippen molar-refractivity contribution < 1.29 is 0 Å².